The lowest BCUT2D eigenvalue weighted by Gasteiger charge is -2.35. The molecule has 8 N–H and O–H groups in total. The third kappa shape index (κ3) is 10.6. The molecule has 19 nitrogen and oxygen atoms in total. The molecule has 5 amide bonds. The molecule has 336 valence electrons. The Morgan fingerprint density at radius 1 is 0.698 bits per heavy atom. The number of carboxylic acid groups (broad SMARTS) is 1. The average molecular weight is 891 g/mol. The second-order valence-corrected chi connectivity index (χ2v) is 14.3. The van der Waals surface area contributed by atoms with E-state index in [0.717, 1.165) is 25.2 Å². The second kappa shape index (κ2) is 19.0. The lowest BCUT2D eigenvalue weighted by molar-refractivity contribution is -0.161. The minimum Gasteiger partial charge on any atom is -0.477 e. The topological polar surface area (TPSA) is 256 Å². The highest BCUT2D eigenvalue weighted by Gasteiger charge is 2.44. The quantitative estimate of drug-likeness (QED) is 0.131. The Hall–Kier alpha value is -6.86. The number of amides is 5. The van der Waals surface area contributed by atoms with Crippen LogP contribution in [-0.2, 0) is 0 Å². The number of hydrogen-bond acceptors (Lipinski definition) is 13. The van der Waals surface area contributed by atoms with E-state index in [1.54, 1.807) is 64.9 Å². The summed E-state index contributed by atoms with van der Waals surface area (Å²) in [7, 11) is 0. The number of hydrogen-bond donors (Lipinski definition) is 7. The Kier molecular flexibility index (Phi) is 13.8. The summed E-state index contributed by atoms with van der Waals surface area (Å²) < 4.78 is 72.2. The number of pyridine rings is 4. The van der Waals surface area contributed by atoms with Gasteiger partial charge in [-0.05, 0) is 61.4 Å². The molecule has 0 radical (unpaired) electrons. The summed E-state index contributed by atoms with van der Waals surface area (Å²) >= 11 is 0. The highest BCUT2D eigenvalue weighted by molar-refractivity contribution is 6.06. The average Bonchev–Trinajstić information content (AvgIpc) is 3.87. The molecule has 2 saturated heterocycles. The van der Waals surface area contributed by atoms with Crippen LogP contribution in [0.25, 0.3) is 0 Å². The van der Waals surface area contributed by atoms with Gasteiger partial charge in [0.15, 0.2) is 17.3 Å². The van der Waals surface area contributed by atoms with Crippen molar-refractivity contribution in [2.75, 3.05) is 69.6 Å². The molecule has 0 spiro atoms. The van der Waals surface area contributed by atoms with E-state index >= 15 is 0 Å². The number of rotatable bonds is 7. The van der Waals surface area contributed by atoms with E-state index in [4.69, 9.17) is 10.2 Å². The zero-order valence-corrected chi connectivity index (χ0v) is 32.8. The monoisotopic (exact) mass is 890 g/mol. The fourth-order valence-corrected chi connectivity index (χ4v) is 6.97. The molecule has 8 heterocycles. The van der Waals surface area contributed by atoms with Crippen molar-refractivity contribution in [2.24, 2.45) is 5.73 Å². The van der Waals surface area contributed by atoms with Gasteiger partial charge in [-0.25, -0.2) is 34.3 Å². The van der Waals surface area contributed by atoms with Crippen LogP contribution in [-0.4, -0.2) is 135 Å². The molecule has 2 unspecified atom stereocenters. The molecular formula is C38H40F6N12O7. The van der Waals surface area contributed by atoms with E-state index in [9.17, 15) is 50.6 Å². The molecule has 25 heteroatoms. The fourth-order valence-electron chi connectivity index (χ4n) is 6.97. The van der Waals surface area contributed by atoms with Gasteiger partial charge in [-0.2, -0.15) is 26.3 Å². The SMILES string of the molecule is NC(CO)C(F)(F)F.O=C(NC(CO)C(F)(F)F)c1ccc2c(n1)N(C(=O)Nc1ccccn1)[C@H]1CCN2C1.O=C(O)c1ccc2c(n1)N(C(=O)Nc1ccccn1)[C@H]1CCN2C1. The van der Waals surface area contributed by atoms with Crippen LogP contribution < -0.4 is 41.3 Å². The zero-order valence-electron chi connectivity index (χ0n) is 32.8. The highest BCUT2D eigenvalue weighted by atomic mass is 19.4. The molecule has 4 aliphatic rings. The molecular weight excluding hydrogens is 850 g/mol. The number of aromatic nitrogens is 4. The Morgan fingerprint density at radius 3 is 1.56 bits per heavy atom. The number of nitrogens with two attached hydrogens (primary N) is 1. The number of halogens is 6. The second-order valence-electron chi connectivity index (χ2n) is 14.3. The van der Waals surface area contributed by atoms with Crippen molar-refractivity contribution in [3.8, 4) is 0 Å². The van der Waals surface area contributed by atoms with Gasteiger partial charge in [-0.3, -0.25) is 25.2 Å². The van der Waals surface area contributed by atoms with E-state index < -0.39 is 55.6 Å². The van der Waals surface area contributed by atoms with Crippen LogP contribution in [0, 0.1) is 0 Å². The molecule has 0 aromatic carbocycles. The Labute approximate surface area is 353 Å². The van der Waals surface area contributed by atoms with Gasteiger partial charge in [0.2, 0.25) is 0 Å². The number of nitrogens with zero attached hydrogens (tertiary/aromatic N) is 8. The Bertz CT molecular complexity index is 2280. The van der Waals surface area contributed by atoms with Gasteiger partial charge in [0, 0.05) is 38.6 Å². The smallest absolute Gasteiger partial charge is 0.410 e. The highest BCUT2D eigenvalue weighted by Crippen LogP contribution is 2.40. The number of nitrogens with one attached hydrogen (secondary N) is 3. The number of anilines is 6. The maximum atomic E-state index is 13.0. The summed E-state index contributed by atoms with van der Waals surface area (Å²) in [5.74, 6) is -0.870. The Balaban J connectivity index is 0.000000183. The number of urea groups is 2. The molecule has 0 aliphatic carbocycles. The predicted octanol–water partition coefficient (Wildman–Crippen LogP) is 3.43. The standard InChI is InChI=1S/C19H19F3N6O3.C16H15N5O3.C3H6F3NO/c20-19(21,22)14(10-29)25-17(30)12-4-5-13-16(24-12)28(11-6-8-27(13)9-11)18(31)26-15-3-1-2-7-23-15;22-15(23)11-4-5-12-14(18-11)21(10-6-8-20(12)9-10)16(24)19-13-3-1-2-7-17-13;4-3(5,6)2(7)1-8/h1-5,7,11,14,29H,6,8-10H2,(H,25,30)(H,23,26,31);1-5,7,10H,6,8-9H2,(H,22,23)(H,17,19,24);2,8H,1,7H2/t11-,14?;10-;/m00./s1. The van der Waals surface area contributed by atoms with E-state index in [2.05, 4.69) is 41.2 Å². The van der Waals surface area contributed by atoms with Gasteiger partial charge in [-0.1, -0.05) is 12.1 Å². The van der Waals surface area contributed by atoms with Gasteiger partial charge in [0.25, 0.3) is 5.91 Å². The van der Waals surface area contributed by atoms with Crippen LogP contribution in [0.4, 0.5) is 70.6 Å². The van der Waals surface area contributed by atoms with E-state index in [1.807, 2.05) is 4.90 Å². The minimum absolute atomic E-state index is 0.0299. The number of carboxylic acids is 1. The van der Waals surface area contributed by atoms with Crippen molar-refractivity contribution < 1.29 is 60.8 Å². The van der Waals surface area contributed by atoms with Crippen molar-refractivity contribution in [3.63, 3.8) is 0 Å². The molecule has 2 fully saturated rings. The molecule has 63 heavy (non-hydrogen) atoms. The summed E-state index contributed by atoms with van der Waals surface area (Å²) in [6, 6.07) is 10.7. The van der Waals surface area contributed by atoms with Gasteiger partial charge in [0.05, 0.1) is 36.7 Å². The number of alkyl halides is 6. The first-order valence-electron chi connectivity index (χ1n) is 19.1. The molecule has 4 aromatic rings. The fraction of sp³-hybridized carbons (Fsp3) is 0.368. The molecule has 8 rings (SSSR count). The predicted molar refractivity (Wildman–Crippen MR) is 214 cm³/mol. The summed E-state index contributed by atoms with van der Waals surface area (Å²) in [5, 5.41) is 33.1. The zero-order chi connectivity index (χ0) is 45.6. The molecule has 4 atom stereocenters. The number of carbonyl (C=O) groups is 4. The number of carbonyl (C=O) groups excluding carboxylic acids is 3. The first kappa shape index (κ1) is 45.7. The van der Waals surface area contributed by atoms with Gasteiger partial charge in [-0.15, -0.1) is 0 Å². The third-order valence-electron chi connectivity index (χ3n) is 10.1. The molecule has 4 aliphatic heterocycles. The normalized spacial score (nSPS) is 18.0. The number of fused-ring (bicyclic) bond motifs is 8. The summed E-state index contributed by atoms with van der Waals surface area (Å²) in [6.07, 6.45) is -4.66. The van der Waals surface area contributed by atoms with Crippen LogP contribution in [0.5, 0.6) is 0 Å². The third-order valence-corrected chi connectivity index (χ3v) is 10.1. The Morgan fingerprint density at radius 2 is 1.17 bits per heavy atom. The lowest BCUT2D eigenvalue weighted by Crippen LogP contribution is -2.49. The van der Waals surface area contributed by atoms with Crippen LogP contribution in [0.2, 0.25) is 0 Å². The van der Waals surface area contributed by atoms with E-state index in [0.29, 0.717) is 42.7 Å². The maximum Gasteiger partial charge on any atom is 0.410 e. The molecule has 4 aromatic heterocycles. The van der Waals surface area contributed by atoms with Crippen LogP contribution in [0.15, 0.2) is 73.1 Å². The van der Waals surface area contributed by atoms with Crippen molar-refractivity contribution in [1.29, 1.82) is 0 Å². The van der Waals surface area contributed by atoms with Crippen LogP contribution in [0.1, 0.15) is 33.8 Å². The van der Waals surface area contributed by atoms with Crippen molar-refractivity contribution >= 4 is 58.6 Å². The summed E-state index contributed by atoms with van der Waals surface area (Å²) in [5.41, 5.74) is 5.40. The van der Waals surface area contributed by atoms with Gasteiger partial charge in [0.1, 0.15) is 29.4 Å². The minimum atomic E-state index is -4.81. The first-order valence-corrected chi connectivity index (χ1v) is 19.1. The lowest BCUT2D eigenvalue weighted by atomic mass is 10.1. The van der Waals surface area contributed by atoms with Gasteiger partial charge >= 0.3 is 30.4 Å². The summed E-state index contributed by atoms with van der Waals surface area (Å²) in [6.45, 7) is 0.448. The number of aliphatic hydroxyl groups excluding tert-OH is 2. The van der Waals surface area contributed by atoms with Crippen molar-refractivity contribution in [3.05, 3.63) is 84.4 Å². The molecule has 4 bridgehead atoms. The maximum absolute atomic E-state index is 13.0. The van der Waals surface area contributed by atoms with Gasteiger partial charge < -0.3 is 36.2 Å². The largest absolute Gasteiger partial charge is 0.477 e. The molecule has 0 saturated carbocycles. The van der Waals surface area contributed by atoms with Crippen molar-refractivity contribution in [2.45, 2.75) is 49.4 Å². The van der Waals surface area contributed by atoms with E-state index in [1.165, 1.54) is 23.2 Å². The summed E-state index contributed by atoms with van der Waals surface area (Å²) in [4.78, 5) is 73.0. The number of aromatic carboxylic acids is 1. The first-order chi connectivity index (χ1) is 29.9. The van der Waals surface area contributed by atoms with Crippen LogP contribution in [0.3, 0.4) is 0 Å². The van der Waals surface area contributed by atoms with Crippen LogP contribution >= 0.6 is 0 Å². The van der Waals surface area contributed by atoms with E-state index in [-0.39, 0.29) is 35.3 Å². The number of aliphatic hydroxyl groups is 2. The van der Waals surface area contributed by atoms with Crippen molar-refractivity contribution in [1.82, 2.24) is 25.3 Å².